The molecule has 1 amide bonds. The van der Waals surface area contributed by atoms with Gasteiger partial charge in [-0.3, -0.25) is 4.79 Å². The first-order valence-corrected chi connectivity index (χ1v) is 12.3. The monoisotopic (exact) mass is 517 g/mol. The molecular formula is C29H25F2N3O4. The van der Waals surface area contributed by atoms with E-state index in [1.54, 1.807) is 18.1 Å². The summed E-state index contributed by atoms with van der Waals surface area (Å²) in [6.45, 7) is 0.346. The molecular weight excluding hydrogens is 492 g/mol. The highest BCUT2D eigenvalue weighted by molar-refractivity contribution is 6.01. The van der Waals surface area contributed by atoms with Gasteiger partial charge >= 0.3 is 5.97 Å². The number of aromatic nitrogens is 1. The molecule has 194 valence electrons. The predicted octanol–water partition coefficient (Wildman–Crippen LogP) is 4.75. The molecule has 2 atom stereocenters. The van der Waals surface area contributed by atoms with E-state index in [2.05, 4.69) is 10.3 Å². The molecule has 0 saturated carbocycles. The highest BCUT2D eigenvalue weighted by atomic mass is 19.2. The maximum absolute atomic E-state index is 14.4. The SMILES string of the molecule is COC(=O)c1[nH]c2ccc(OC)cc2c1C12CCN(C(=O)Cc3cccc(F)c3F)C1Nc1ccccc12. The summed E-state index contributed by atoms with van der Waals surface area (Å²) in [6.07, 6.45) is -0.370. The predicted molar refractivity (Wildman–Crippen MR) is 137 cm³/mol. The Kier molecular flexibility index (Phi) is 5.59. The number of rotatable bonds is 5. The summed E-state index contributed by atoms with van der Waals surface area (Å²) in [5, 5.41) is 4.26. The van der Waals surface area contributed by atoms with Crippen LogP contribution in [0.3, 0.4) is 0 Å². The molecule has 0 spiro atoms. The molecule has 0 radical (unpaired) electrons. The van der Waals surface area contributed by atoms with Crippen LogP contribution in [0.4, 0.5) is 14.5 Å². The summed E-state index contributed by atoms with van der Waals surface area (Å²) in [7, 11) is 2.90. The summed E-state index contributed by atoms with van der Waals surface area (Å²) in [5.74, 6) is -2.27. The molecule has 3 aromatic carbocycles. The lowest BCUT2D eigenvalue weighted by atomic mass is 9.72. The third-order valence-corrected chi connectivity index (χ3v) is 7.76. The van der Waals surface area contributed by atoms with Gasteiger partial charge in [0.05, 0.1) is 26.1 Å². The van der Waals surface area contributed by atoms with Crippen molar-refractivity contribution < 1.29 is 27.8 Å². The van der Waals surface area contributed by atoms with Crippen molar-refractivity contribution in [1.82, 2.24) is 9.88 Å². The van der Waals surface area contributed by atoms with Crippen LogP contribution in [0.15, 0.2) is 60.7 Å². The zero-order valence-electron chi connectivity index (χ0n) is 20.8. The Morgan fingerprint density at radius 2 is 1.89 bits per heavy atom. The molecule has 38 heavy (non-hydrogen) atoms. The Labute approximate surface area is 217 Å². The van der Waals surface area contributed by atoms with Crippen LogP contribution in [0.1, 0.15) is 33.6 Å². The van der Waals surface area contributed by atoms with Crippen LogP contribution in [-0.4, -0.2) is 48.7 Å². The van der Waals surface area contributed by atoms with Gasteiger partial charge in [0.1, 0.15) is 17.6 Å². The fraction of sp³-hybridized carbons (Fsp3) is 0.241. The molecule has 2 N–H and O–H groups in total. The fourth-order valence-electron chi connectivity index (χ4n) is 6.09. The lowest BCUT2D eigenvalue weighted by Crippen LogP contribution is -2.47. The number of hydrogen-bond acceptors (Lipinski definition) is 5. The van der Waals surface area contributed by atoms with Crippen LogP contribution in [0.25, 0.3) is 10.9 Å². The molecule has 9 heteroatoms. The average molecular weight is 518 g/mol. The topological polar surface area (TPSA) is 83.7 Å². The quantitative estimate of drug-likeness (QED) is 0.373. The van der Waals surface area contributed by atoms with E-state index in [4.69, 9.17) is 9.47 Å². The van der Waals surface area contributed by atoms with Crippen LogP contribution >= 0.6 is 0 Å². The number of amides is 1. The number of nitrogens with one attached hydrogen (secondary N) is 2. The van der Waals surface area contributed by atoms with Crippen molar-refractivity contribution in [3.05, 3.63) is 94.7 Å². The molecule has 4 aromatic rings. The van der Waals surface area contributed by atoms with Gasteiger partial charge in [0.25, 0.3) is 0 Å². The van der Waals surface area contributed by atoms with E-state index in [9.17, 15) is 18.4 Å². The minimum atomic E-state index is -1.02. The van der Waals surface area contributed by atoms with Crippen molar-refractivity contribution in [3.8, 4) is 5.75 Å². The Hall–Kier alpha value is -4.40. The second-order valence-electron chi connectivity index (χ2n) is 9.57. The van der Waals surface area contributed by atoms with Crippen molar-refractivity contribution in [1.29, 1.82) is 0 Å². The lowest BCUT2D eigenvalue weighted by Gasteiger charge is -2.33. The smallest absolute Gasteiger partial charge is 0.354 e. The molecule has 1 saturated heterocycles. The van der Waals surface area contributed by atoms with Crippen LogP contribution in [-0.2, 0) is 21.4 Å². The summed E-state index contributed by atoms with van der Waals surface area (Å²) < 4.78 is 38.9. The number of aromatic amines is 1. The first-order chi connectivity index (χ1) is 18.4. The van der Waals surface area contributed by atoms with Crippen LogP contribution < -0.4 is 10.1 Å². The van der Waals surface area contributed by atoms with Gasteiger partial charge in [0.2, 0.25) is 5.91 Å². The van der Waals surface area contributed by atoms with Crippen molar-refractivity contribution in [2.45, 2.75) is 24.4 Å². The van der Waals surface area contributed by atoms with Gasteiger partial charge in [-0.2, -0.15) is 0 Å². The lowest BCUT2D eigenvalue weighted by molar-refractivity contribution is -0.131. The second-order valence-corrected chi connectivity index (χ2v) is 9.57. The van der Waals surface area contributed by atoms with Gasteiger partial charge in [0.15, 0.2) is 11.6 Å². The zero-order valence-corrected chi connectivity index (χ0v) is 20.8. The minimum absolute atomic E-state index is 0.00454. The molecule has 0 aliphatic carbocycles. The average Bonchev–Trinajstić information content (AvgIpc) is 3.59. The van der Waals surface area contributed by atoms with Gasteiger partial charge in [-0.25, -0.2) is 13.6 Å². The van der Waals surface area contributed by atoms with E-state index in [0.717, 1.165) is 28.2 Å². The Morgan fingerprint density at radius 3 is 2.68 bits per heavy atom. The van der Waals surface area contributed by atoms with Crippen molar-refractivity contribution in [2.75, 3.05) is 26.1 Å². The van der Waals surface area contributed by atoms with E-state index in [0.29, 0.717) is 30.0 Å². The fourth-order valence-corrected chi connectivity index (χ4v) is 6.09. The summed E-state index contributed by atoms with van der Waals surface area (Å²) in [5.41, 5.74) is 2.67. The molecule has 1 fully saturated rings. The van der Waals surface area contributed by atoms with Gasteiger partial charge < -0.3 is 24.7 Å². The Bertz CT molecular complexity index is 1600. The number of esters is 1. The molecule has 0 bridgehead atoms. The molecule has 7 nitrogen and oxygen atoms in total. The highest BCUT2D eigenvalue weighted by Crippen LogP contribution is 2.55. The number of carbonyl (C=O) groups is 2. The van der Waals surface area contributed by atoms with Crippen molar-refractivity contribution >= 4 is 28.5 Å². The summed E-state index contributed by atoms with van der Waals surface area (Å²) in [6, 6.07) is 17.1. The molecule has 2 unspecified atom stereocenters. The van der Waals surface area contributed by atoms with Crippen LogP contribution in [0.5, 0.6) is 5.75 Å². The number of benzene rings is 3. The normalized spacial score (nSPS) is 19.7. The number of hydrogen-bond donors (Lipinski definition) is 2. The molecule has 1 aromatic heterocycles. The first kappa shape index (κ1) is 24.0. The molecule has 2 aliphatic rings. The molecule has 6 rings (SSSR count). The van der Waals surface area contributed by atoms with E-state index in [-0.39, 0.29) is 17.9 Å². The number of halogens is 2. The third-order valence-electron chi connectivity index (χ3n) is 7.76. The van der Waals surface area contributed by atoms with Crippen LogP contribution in [0, 0.1) is 11.6 Å². The maximum Gasteiger partial charge on any atom is 0.354 e. The number of methoxy groups -OCH3 is 2. The number of likely N-dealkylation sites (tertiary alicyclic amines) is 1. The van der Waals surface area contributed by atoms with Crippen LogP contribution in [0.2, 0.25) is 0 Å². The van der Waals surface area contributed by atoms with Gasteiger partial charge in [-0.05, 0) is 42.3 Å². The van der Waals surface area contributed by atoms with E-state index < -0.39 is 29.2 Å². The summed E-state index contributed by atoms with van der Waals surface area (Å²) >= 11 is 0. The standard InChI is InChI=1S/C29H25F2N3O4/c1-37-17-10-11-21-18(15-17)24(26(32-21)27(36)38-2)29-12-13-34(28(29)33-22-9-4-3-7-19(22)29)23(35)14-16-6-5-8-20(30)25(16)31/h3-11,15,28,32-33H,12-14H2,1-2H3. The second kappa shape index (κ2) is 8.86. The Balaban J connectivity index is 1.53. The van der Waals surface area contributed by atoms with Crippen molar-refractivity contribution in [2.24, 2.45) is 0 Å². The zero-order chi connectivity index (χ0) is 26.6. The number of carbonyl (C=O) groups excluding carboxylic acids is 2. The van der Waals surface area contributed by atoms with E-state index >= 15 is 0 Å². The maximum atomic E-state index is 14.4. The third kappa shape index (κ3) is 3.38. The van der Waals surface area contributed by atoms with Gasteiger partial charge in [-0.15, -0.1) is 0 Å². The van der Waals surface area contributed by atoms with E-state index in [1.165, 1.54) is 19.2 Å². The van der Waals surface area contributed by atoms with Gasteiger partial charge in [-0.1, -0.05) is 30.3 Å². The Morgan fingerprint density at radius 1 is 1.08 bits per heavy atom. The number of nitrogens with zero attached hydrogens (tertiary/aromatic N) is 1. The van der Waals surface area contributed by atoms with Crippen molar-refractivity contribution in [3.63, 3.8) is 0 Å². The highest BCUT2D eigenvalue weighted by Gasteiger charge is 2.58. The molecule has 3 heterocycles. The molecule has 2 aliphatic heterocycles. The number of fused-ring (bicyclic) bond motifs is 4. The first-order valence-electron chi connectivity index (χ1n) is 12.3. The minimum Gasteiger partial charge on any atom is -0.497 e. The number of para-hydroxylation sites is 1. The largest absolute Gasteiger partial charge is 0.497 e. The van der Waals surface area contributed by atoms with Gasteiger partial charge in [0, 0.05) is 34.3 Å². The number of H-pyrrole nitrogens is 1. The summed E-state index contributed by atoms with van der Waals surface area (Å²) in [4.78, 5) is 31.6. The number of anilines is 1. The van der Waals surface area contributed by atoms with E-state index in [1.807, 2.05) is 36.4 Å². The number of ether oxygens (including phenoxy) is 2.